The average molecular weight is 403 g/mol. The number of rotatable bonds is 9. The van der Waals surface area contributed by atoms with Crippen molar-refractivity contribution in [2.24, 2.45) is 0 Å². The van der Waals surface area contributed by atoms with Crippen LogP contribution in [0.25, 0.3) is 16.8 Å². The van der Waals surface area contributed by atoms with Crippen molar-refractivity contribution in [1.29, 1.82) is 0 Å². The van der Waals surface area contributed by atoms with Crippen LogP contribution in [0, 0.1) is 5.82 Å². The summed E-state index contributed by atoms with van der Waals surface area (Å²) in [5.74, 6) is -0.317. The van der Waals surface area contributed by atoms with Gasteiger partial charge in [0.05, 0.1) is 4.90 Å². The lowest BCUT2D eigenvalue weighted by Crippen LogP contribution is -2.29. The highest BCUT2D eigenvalue weighted by Crippen LogP contribution is 2.32. The van der Waals surface area contributed by atoms with Gasteiger partial charge in [-0.15, -0.1) is 0 Å². The van der Waals surface area contributed by atoms with E-state index in [0.29, 0.717) is 6.54 Å². The molecule has 2 aromatic rings. The molecule has 0 unspecified atom stereocenters. The first-order chi connectivity index (χ1) is 13.3. The molecule has 0 spiro atoms. The Hall–Kier alpha value is -2.60. The van der Waals surface area contributed by atoms with Gasteiger partial charge in [0.15, 0.2) is 9.84 Å². The minimum atomic E-state index is -3.36. The Bertz CT molecular complexity index is 951. The van der Waals surface area contributed by atoms with Crippen LogP contribution in [-0.2, 0) is 9.84 Å². The maximum absolute atomic E-state index is 13.3. The van der Waals surface area contributed by atoms with Crippen LogP contribution in [0.5, 0.6) is 0 Å². The number of nitrogens with zero attached hydrogens (tertiary/aromatic N) is 1. The predicted molar refractivity (Wildman–Crippen MR) is 114 cm³/mol. The molecule has 0 saturated carbocycles. The van der Waals surface area contributed by atoms with Crippen molar-refractivity contribution in [3.63, 3.8) is 0 Å². The summed E-state index contributed by atoms with van der Waals surface area (Å²) in [5.41, 5.74) is 3.08. The number of halogens is 1. The SMILES string of the molecule is C=C(c1cc(S(C)(=O)=O)ccc1-c1ccc(F)cc1)N(CC)CCN/C=C/C. The third-order valence-electron chi connectivity index (χ3n) is 4.46. The normalized spacial score (nSPS) is 11.6. The van der Waals surface area contributed by atoms with Crippen LogP contribution < -0.4 is 5.32 Å². The Kier molecular flexibility index (Phi) is 7.40. The number of hydrogen-bond donors (Lipinski definition) is 1. The van der Waals surface area contributed by atoms with Gasteiger partial charge in [0.1, 0.15) is 5.82 Å². The molecular weight excluding hydrogens is 375 g/mol. The Morgan fingerprint density at radius 3 is 2.46 bits per heavy atom. The van der Waals surface area contributed by atoms with Crippen LogP contribution >= 0.6 is 0 Å². The second-order valence-electron chi connectivity index (χ2n) is 6.47. The van der Waals surface area contributed by atoms with Crippen LogP contribution in [0.4, 0.5) is 4.39 Å². The quantitative estimate of drug-likeness (QED) is 0.635. The van der Waals surface area contributed by atoms with E-state index in [1.54, 1.807) is 30.3 Å². The Morgan fingerprint density at radius 2 is 1.89 bits per heavy atom. The van der Waals surface area contributed by atoms with Gasteiger partial charge in [-0.25, -0.2) is 12.8 Å². The first-order valence-corrected chi connectivity index (χ1v) is 11.1. The van der Waals surface area contributed by atoms with E-state index in [9.17, 15) is 12.8 Å². The smallest absolute Gasteiger partial charge is 0.175 e. The summed E-state index contributed by atoms with van der Waals surface area (Å²) >= 11 is 0. The Morgan fingerprint density at radius 1 is 1.21 bits per heavy atom. The van der Waals surface area contributed by atoms with Gasteiger partial charge < -0.3 is 10.2 Å². The molecule has 2 rings (SSSR count). The van der Waals surface area contributed by atoms with E-state index in [2.05, 4.69) is 16.8 Å². The molecule has 0 aromatic heterocycles. The van der Waals surface area contributed by atoms with Crippen molar-refractivity contribution in [3.05, 3.63) is 72.7 Å². The van der Waals surface area contributed by atoms with Crippen LogP contribution in [0.2, 0.25) is 0 Å². The fraction of sp³-hybridized carbons (Fsp3) is 0.273. The Labute approximate surface area is 167 Å². The number of hydrogen-bond acceptors (Lipinski definition) is 4. The molecule has 1 N–H and O–H groups in total. The number of benzene rings is 2. The Balaban J connectivity index is 2.47. The van der Waals surface area contributed by atoms with E-state index >= 15 is 0 Å². The van der Waals surface area contributed by atoms with Crippen LogP contribution in [0.1, 0.15) is 19.4 Å². The molecule has 0 heterocycles. The molecule has 4 nitrogen and oxygen atoms in total. The third kappa shape index (κ3) is 5.45. The van der Waals surface area contributed by atoms with Crippen LogP contribution in [-0.4, -0.2) is 39.2 Å². The van der Waals surface area contributed by atoms with Gasteiger partial charge in [-0.1, -0.05) is 30.9 Å². The minimum absolute atomic E-state index is 0.234. The third-order valence-corrected chi connectivity index (χ3v) is 5.57. The van der Waals surface area contributed by atoms with Crippen molar-refractivity contribution in [3.8, 4) is 11.1 Å². The zero-order valence-electron chi connectivity index (χ0n) is 16.6. The number of allylic oxidation sites excluding steroid dienone is 1. The lowest BCUT2D eigenvalue weighted by Gasteiger charge is -2.27. The zero-order chi connectivity index (χ0) is 20.7. The lowest BCUT2D eigenvalue weighted by atomic mass is 9.97. The van der Waals surface area contributed by atoms with E-state index in [0.717, 1.165) is 35.5 Å². The van der Waals surface area contributed by atoms with Gasteiger partial charge >= 0.3 is 0 Å². The average Bonchev–Trinajstić information content (AvgIpc) is 2.67. The number of nitrogens with one attached hydrogen (secondary N) is 1. The number of sulfone groups is 1. The monoisotopic (exact) mass is 402 g/mol. The van der Waals surface area contributed by atoms with E-state index in [1.807, 2.05) is 26.1 Å². The molecule has 0 amide bonds. The largest absolute Gasteiger partial charge is 0.389 e. The molecule has 0 radical (unpaired) electrons. The molecule has 0 aliphatic heterocycles. The van der Waals surface area contributed by atoms with Crippen molar-refractivity contribution >= 4 is 15.5 Å². The van der Waals surface area contributed by atoms with Crippen molar-refractivity contribution in [1.82, 2.24) is 10.2 Å². The maximum atomic E-state index is 13.3. The van der Waals surface area contributed by atoms with E-state index in [-0.39, 0.29) is 10.7 Å². The maximum Gasteiger partial charge on any atom is 0.175 e. The summed E-state index contributed by atoms with van der Waals surface area (Å²) in [6.07, 6.45) is 4.99. The van der Waals surface area contributed by atoms with Crippen molar-refractivity contribution < 1.29 is 12.8 Å². The summed E-state index contributed by atoms with van der Waals surface area (Å²) in [6.45, 7) is 10.4. The molecule has 0 aliphatic rings. The summed E-state index contributed by atoms with van der Waals surface area (Å²) in [4.78, 5) is 2.32. The van der Waals surface area contributed by atoms with Gasteiger partial charge in [-0.2, -0.15) is 0 Å². The molecule has 28 heavy (non-hydrogen) atoms. The van der Waals surface area contributed by atoms with E-state index in [1.165, 1.54) is 18.4 Å². The second-order valence-corrected chi connectivity index (χ2v) is 8.48. The standard InChI is InChI=1S/C22H27FN2O2S/c1-5-13-24-14-15-25(6-2)17(3)22-16-20(28(4,26)27)11-12-21(22)18-7-9-19(23)10-8-18/h5,7-13,16,24H,3,6,14-15H2,1-2,4H3/b13-5+. The highest BCUT2D eigenvalue weighted by molar-refractivity contribution is 7.90. The molecule has 0 atom stereocenters. The lowest BCUT2D eigenvalue weighted by molar-refractivity contribution is 0.420. The zero-order valence-corrected chi connectivity index (χ0v) is 17.4. The molecule has 0 saturated heterocycles. The summed E-state index contributed by atoms with van der Waals surface area (Å²) in [5, 5.41) is 3.19. The van der Waals surface area contributed by atoms with E-state index < -0.39 is 9.84 Å². The minimum Gasteiger partial charge on any atom is -0.389 e. The molecule has 0 fully saturated rings. The van der Waals surface area contributed by atoms with Gasteiger partial charge in [-0.05, 0) is 55.4 Å². The predicted octanol–water partition coefficient (Wildman–Crippen LogP) is 4.31. The van der Waals surface area contributed by atoms with Crippen LogP contribution in [0.3, 0.4) is 0 Å². The van der Waals surface area contributed by atoms with Gasteiger partial charge in [-0.3, -0.25) is 0 Å². The topological polar surface area (TPSA) is 49.4 Å². The van der Waals surface area contributed by atoms with Crippen molar-refractivity contribution in [2.45, 2.75) is 18.7 Å². The summed E-state index contributed by atoms with van der Waals surface area (Å²) in [6, 6.07) is 11.1. The first kappa shape index (κ1) is 21.7. The fourth-order valence-corrected chi connectivity index (χ4v) is 3.58. The van der Waals surface area contributed by atoms with Gasteiger partial charge in [0.2, 0.25) is 0 Å². The first-order valence-electron chi connectivity index (χ1n) is 9.16. The fourth-order valence-electron chi connectivity index (χ4n) is 2.93. The van der Waals surface area contributed by atoms with Crippen LogP contribution in [0.15, 0.2) is 66.2 Å². The molecular formula is C22H27FN2O2S. The molecule has 0 bridgehead atoms. The number of likely N-dealkylation sites (N-methyl/N-ethyl adjacent to an activating group) is 1. The summed E-state index contributed by atoms with van der Waals surface area (Å²) in [7, 11) is -3.36. The second kappa shape index (κ2) is 9.55. The highest BCUT2D eigenvalue weighted by Gasteiger charge is 2.17. The molecule has 0 aliphatic carbocycles. The van der Waals surface area contributed by atoms with Gasteiger partial charge in [0.25, 0.3) is 0 Å². The van der Waals surface area contributed by atoms with E-state index in [4.69, 9.17) is 0 Å². The molecule has 2 aromatic carbocycles. The van der Waals surface area contributed by atoms with Crippen molar-refractivity contribution in [2.75, 3.05) is 25.9 Å². The summed E-state index contributed by atoms with van der Waals surface area (Å²) < 4.78 is 37.5. The molecule has 150 valence electrons. The van der Waals surface area contributed by atoms with Gasteiger partial charge in [0, 0.05) is 37.2 Å². The molecule has 6 heteroatoms. The highest BCUT2D eigenvalue weighted by atomic mass is 32.2.